The van der Waals surface area contributed by atoms with Gasteiger partial charge >= 0.3 is 0 Å². The predicted molar refractivity (Wildman–Crippen MR) is 117 cm³/mol. The molecule has 164 valence electrons. The average molecular weight is 435 g/mol. The molecule has 3 aromatic rings. The molecule has 8 nitrogen and oxygen atoms in total. The molecule has 4 rings (SSSR count). The molecule has 0 aliphatic carbocycles. The van der Waals surface area contributed by atoms with Gasteiger partial charge in [0.2, 0.25) is 5.91 Å². The van der Waals surface area contributed by atoms with E-state index in [1.165, 1.54) is 18.2 Å². The van der Waals surface area contributed by atoms with Crippen molar-refractivity contribution in [2.24, 2.45) is 17.4 Å². The van der Waals surface area contributed by atoms with Crippen LogP contribution in [-0.2, 0) is 11.2 Å². The zero-order valence-electron chi connectivity index (χ0n) is 17.4. The summed E-state index contributed by atoms with van der Waals surface area (Å²) < 4.78 is 19.1. The zero-order chi connectivity index (χ0) is 22.8. The van der Waals surface area contributed by atoms with E-state index in [1.54, 1.807) is 13.0 Å². The highest BCUT2D eigenvalue weighted by molar-refractivity contribution is 5.91. The van der Waals surface area contributed by atoms with Crippen molar-refractivity contribution in [3.8, 4) is 17.1 Å². The van der Waals surface area contributed by atoms with E-state index in [0.29, 0.717) is 36.0 Å². The van der Waals surface area contributed by atoms with Gasteiger partial charge in [-0.3, -0.25) is 9.59 Å². The summed E-state index contributed by atoms with van der Waals surface area (Å²) in [5.41, 5.74) is 13.7. The SMILES string of the molecule is C[C@H](Cc1cc(C(N)=O)nc(-c2ccc(N3CCOc4cc(F)ccc43)cc2)n1)C(N)=O. The summed E-state index contributed by atoms with van der Waals surface area (Å²) in [6.07, 6.45) is 0.268. The van der Waals surface area contributed by atoms with Crippen molar-refractivity contribution in [1.29, 1.82) is 0 Å². The number of carbonyl (C=O) groups excluding carboxylic acids is 2. The lowest BCUT2D eigenvalue weighted by molar-refractivity contribution is -0.121. The van der Waals surface area contributed by atoms with Crippen LogP contribution >= 0.6 is 0 Å². The van der Waals surface area contributed by atoms with Crippen molar-refractivity contribution in [3.05, 3.63) is 65.7 Å². The number of rotatable bonds is 6. The fourth-order valence-electron chi connectivity index (χ4n) is 3.52. The molecule has 2 heterocycles. The number of aromatic nitrogens is 2. The molecular formula is C23H22FN5O3. The molecule has 2 amide bonds. The Balaban J connectivity index is 1.65. The van der Waals surface area contributed by atoms with Crippen LogP contribution in [0.25, 0.3) is 11.4 Å². The first-order valence-electron chi connectivity index (χ1n) is 10.1. The normalized spacial score (nSPS) is 13.8. The lowest BCUT2D eigenvalue weighted by Gasteiger charge is -2.31. The molecule has 0 unspecified atom stereocenters. The minimum atomic E-state index is -0.685. The maximum atomic E-state index is 13.5. The Morgan fingerprint density at radius 3 is 2.56 bits per heavy atom. The van der Waals surface area contributed by atoms with Crippen LogP contribution in [0.1, 0.15) is 23.1 Å². The number of fused-ring (bicyclic) bond motifs is 1. The van der Waals surface area contributed by atoms with E-state index >= 15 is 0 Å². The fourth-order valence-corrected chi connectivity index (χ4v) is 3.52. The van der Waals surface area contributed by atoms with E-state index in [1.807, 2.05) is 29.2 Å². The minimum absolute atomic E-state index is 0.0647. The van der Waals surface area contributed by atoms with Gasteiger partial charge in [0.25, 0.3) is 5.91 Å². The van der Waals surface area contributed by atoms with Crippen molar-refractivity contribution in [2.45, 2.75) is 13.3 Å². The van der Waals surface area contributed by atoms with E-state index in [9.17, 15) is 14.0 Å². The number of nitrogens with zero attached hydrogens (tertiary/aromatic N) is 3. The van der Waals surface area contributed by atoms with Crippen LogP contribution in [0.2, 0.25) is 0 Å². The third kappa shape index (κ3) is 4.36. The second-order valence-corrected chi connectivity index (χ2v) is 7.60. The molecule has 0 saturated carbocycles. The molecule has 0 radical (unpaired) electrons. The molecule has 1 aliphatic heterocycles. The largest absolute Gasteiger partial charge is 0.489 e. The maximum Gasteiger partial charge on any atom is 0.267 e. The Kier molecular flexibility index (Phi) is 5.72. The number of ether oxygens (including phenoxy) is 1. The lowest BCUT2D eigenvalue weighted by Crippen LogP contribution is -2.28. The van der Waals surface area contributed by atoms with Crippen LogP contribution in [-0.4, -0.2) is 34.9 Å². The summed E-state index contributed by atoms with van der Waals surface area (Å²) in [5, 5.41) is 0. The van der Waals surface area contributed by atoms with Gasteiger partial charge in [-0.1, -0.05) is 6.92 Å². The van der Waals surface area contributed by atoms with Crippen LogP contribution in [0.5, 0.6) is 5.75 Å². The van der Waals surface area contributed by atoms with E-state index in [4.69, 9.17) is 16.2 Å². The van der Waals surface area contributed by atoms with Crippen LogP contribution in [0.3, 0.4) is 0 Å². The zero-order valence-corrected chi connectivity index (χ0v) is 17.4. The van der Waals surface area contributed by atoms with Gasteiger partial charge in [-0.25, -0.2) is 14.4 Å². The number of amides is 2. The molecule has 0 spiro atoms. The van der Waals surface area contributed by atoms with Crippen LogP contribution in [0.15, 0.2) is 48.5 Å². The van der Waals surface area contributed by atoms with Gasteiger partial charge in [0, 0.05) is 35.3 Å². The third-order valence-corrected chi connectivity index (χ3v) is 5.25. The number of benzene rings is 2. The highest BCUT2D eigenvalue weighted by Gasteiger charge is 2.21. The summed E-state index contributed by atoms with van der Waals surface area (Å²) >= 11 is 0. The van der Waals surface area contributed by atoms with Crippen LogP contribution in [0, 0.1) is 11.7 Å². The minimum Gasteiger partial charge on any atom is -0.489 e. The summed E-state index contributed by atoms with van der Waals surface area (Å²) in [4.78, 5) is 34.0. The number of carbonyl (C=O) groups is 2. The highest BCUT2D eigenvalue weighted by atomic mass is 19.1. The van der Waals surface area contributed by atoms with Gasteiger partial charge in [0.15, 0.2) is 5.82 Å². The summed E-state index contributed by atoms with van der Waals surface area (Å²) in [6, 6.07) is 13.4. The Bertz CT molecular complexity index is 1180. The van der Waals surface area contributed by atoms with Crippen molar-refractivity contribution in [2.75, 3.05) is 18.1 Å². The first kappa shape index (κ1) is 21.2. The van der Waals surface area contributed by atoms with Gasteiger partial charge < -0.3 is 21.1 Å². The van der Waals surface area contributed by atoms with Crippen LogP contribution < -0.4 is 21.1 Å². The number of primary amides is 2. The summed E-state index contributed by atoms with van der Waals surface area (Å²) in [5.74, 6) is -1.13. The number of anilines is 2. The molecular weight excluding hydrogens is 413 g/mol. The van der Waals surface area contributed by atoms with Gasteiger partial charge in [0.1, 0.15) is 23.9 Å². The molecule has 9 heteroatoms. The fraction of sp³-hybridized carbons (Fsp3) is 0.217. The average Bonchev–Trinajstić information content (AvgIpc) is 2.78. The van der Waals surface area contributed by atoms with Crippen molar-refractivity contribution in [1.82, 2.24) is 9.97 Å². The second kappa shape index (κ2) is 8.62. The van der Waals surface area contributed by atoms with E-state index in [2.05, 4.69) is 9.97 Å². The summed E-state index contributed by atoms with van der Waals surface area (Å²) in [6.45, 7) is 2.74. The number of halogens is 1. The standard InChI is InChI=1S/C23H22FN5O3/c1-13(21(25)30)10-16-12-18(22(26)31)28-23(27-16)14-2-5-17(6-3-14)29-8-9-32-20-11-15(24)4-7-19(20)29/h2-7,11-13H,8-10H2,1H3,(H2,25,30)(H2,26,31)/t13-/m1/s1. The molecule has 0 bridgehead atoms. The highest BCUT2D eigenvalue weighted by Crippen LogP contribution is 2.37. The monoisotopic (exact) mass is 435 g/mol. The number of hydrogen-bond donors (Lipinski definition) is 2. The molecule has 1 atom stereocenters. The number of hydrogen-bond acceptors (Lipinski definition) is 6. The molecule has 1 aliphatic rings. The van der Waals surface area contributed by atoms with Gasteiger partial charge in [-0.15, -0.1) is 0 Å². The Morgan fingerprint density at radius 2 is 1.88 bits per heavy atom. The topological polar surface area (TPSA) is 124 Å². The Labute approximate surface area is 184 Å². The molecule has 4 N–H and O–H groups in total. The molecule has 32 heavy (non-hydrogen) atoms. The van der Waals surface area contributed by atoms with Crippen molar-refractivity contribution in [3.63, 3.8) is 0 Å². The van der Waals surface area contributed by atoms with Gasteiger partial charge in [-0.2, -0.15) is 0 Å². The third-order valence-electron chi connectivity index (χ3n) is 5.25. The Hall–Kier alpha value is -4.01. The second-order valence-electron chi connectivity index (χ2n) is 7.60. The Morgan fingerprint density at radius 1 is 1.12 bits per heavy atom. The lowest BCUT2D eigenvalue weighted by atomic mass is 10.0. The van der Waals surface area contributed by atoms with Crippen molar-refractivity contribution >= 4 is 23.2 Å². The molecule has 2 aromatic carbocycles. The first-order chi connectivity index (χ1) is 15.3. The van der Waals surface area contributed by atoms with Gasteiger partial charge in [-0.05, 0) is 42.5 Å². The molecule has 1 aromatic heterocycles. The van der Waals surface area contributed by atoms with E-state index in [0.717, 1.165) is 11.4 Å². The maximum absolute atomic E-state index is 13.5. The van der Waals surface area contributed by atoms with E-state index < -0.39 is 17.7 Å². The van der Waals surface area contributed by atoms with E-state index in [-0.39, 0.29) is 17.9 Å². The molecule has 0 saturated heterocycles. The quantitative estimate of drug-likeness (QED) is 0.613. The number of nitrogens with two attached hydrogens (primary N) is 2. The summed E-state index contributed by atoms with van der Waals surface area (Å²) in [7, 11) is 0. The smallest absolute Gasteiger partial charge is 0.267 e. The first-order valence-corrected chi connectivity index (χ1v) is 10.1. The molecule has 0 fully saturated rings. The van der Waals surface area contributed by atoms with Crippen LogP contribution in [0.4, 0.5) is 15.8 Å². The predicted octanol–water partition coefficient (Wildman–Crippen LogP) is 2.58. The van der Waals surface area contributed by atoms with Crippen molar-refractivity contribution < 1.29 is 18.7 Å². The van der Waals surface area contributed by atoms with Gasteiger partial charge in [0.05, 0.1) is 12.2 Å².